The van der Waals surface area contributed by atoms with Crippen molar-refractivity contribution in [3.8, 4) is 11.5 Å². The summed E-state index contributed by atoms with van der Waals surface area (Å²) in [5.41, 5.74) is 2.34. The van der Waals surface area contributed by atoms with Crippen LogP contribution in [0.15, 0.2) is 64.1 Å². The monoisotopic (exact) mass is 462 g/mol. The molecule has 1 N–H and O–H groups in total. The number of rotatable bonds is 4. The maximum Gasteiger partial charge on any atom is 0.291 e. The summed E-state index contributed by atoms with van der Waals surface area (Å²) in [4.78, 5) is 32.9. The number of hydrogen-bond donors (Lipinski definition) is 1. The number of carbonyl (C=O) groups is 1. The van der Waals surface area contributed by atoms with Crippen molar-refractivity contribution in [3.63, 3.8) is 0 Å². The molecule has 4 aromatic rings. The van der Waals surface area contributed by atoms with Crippen LogP contribution in [-0.4, -0.2) is 28.0 Å². The third-order valence-electron chi connectivity index (χ3n) is 5.84. The second-order valence-electron chi connectivity index (χ2n) is 7.90. The van der Waals surface area contributed by atoms with Crippen LogP contribution < -0.4 is 10.2 Å². The molecule has 0 aliphatic carbocycles. The van der Waals surface area contributed by atoms with E-state index in [4.69, 9.17) is 20.8 Å². The van der Waals surface area contributed by atoms with E-state index in [-0.39, 0.29) is 34.8 Å². The molecule has 5 rings (SSSR count). The van der Waals surface area contributed by atoms with Gasteiger partial charge in [-0.2, -0.15) is 0 Å². The van der Waals surface area contributed by atoms with E-state index in [0.29, 0.717) is 21.6 Å². The first kappa shape index (κ1) is 21.0. The highest BCUT2D eigenvalue weighted by Crippen LogP contribution is 2.41. The van der Waals surface area contributed by atoms with Crippen molar-refractivity contribution < 1.29 is 19.1 Å². The van der Waals surface area contributed by atoms with Gasteiger partial charge >= 0.3 is 0 Å². The molecule has 0 saturated heterocycles. The van der Waals surface area contributed by atoms with E-state index in [2.05, 4.69) is 4.98 Å². The van der Waals surface area contributed by atoms with Crippen LogP contribution >= 0.6 is 11.6 Å². The minimum atomic E-state index is -0.747. The Morgan fingerprint density at radius 1 is 1.21 bits per heavy atom. The summed E-state index contributed by atoms with van der Waals surface area (Å²) >= 11 is 6.28. The van der Waals surface area contributed by atoms with E-state index in [1.165, 1.54) is 13.2 Å². The highest BCUT2D eigenvalue weighted by Gasteiger charge is 2.43. The van der Waals surface area contributed by atoms with E-state index in [0.717, 1.165) is 11.1 Å². The van der Waals surface area contributed by atoms with Gasteiger partial charge in [0.2, 0.25) is 5.76 Å². The maximum absolute atomic E-state index is 13.6. The number of aromatic hydroxyl groups is 1. The van der Waals surface area contributed by atoms with Crippen LogP contribution in [0.1, 0.15) is 38.9 Å². The zero-order valence-corrected chi connectivity index (χ0v) is 18.6. The SMILES string of the molecule is COc1cc([C@@H]2c3c(oc4cc(C)c(Cl)cc4c3=O)C(=O)N2Cc2cccnc2)ccc1O. The Hall–Kier alpha value is -3.84. The van der Waals surface area contributed by atoms with Gasteiger partial charge in [0.05, 0.1) is 24.1 Å². The van der Waals surface area contributed by atoms with Crippen molar-refractivity contribution in [2.75, 3.05) is 7.11 Å². The number of aromatic nitrogens is 1. The second-order valence-corrected chi connectivity index (χ2v) is 8.31. The highest BCUT2D eigenvalue weighted by molar-refractivity contribution is 6.32. The highest BCUT2D eigenvalue weighted by atomic mass is 35.5. The molecule has 0 fully saturated rings. The van der Waals surface area contributed by atoms with Crippen molar-refractivity contribution in [2.24, 2.45) is 0 Å². The Labute approximate surface area is 193 Å². The molecule has 7 nitrogen and oxygen atoms in total. The summed E-state index contributed by atoms with van der Waals surface area (Å²) < 4.78 is 11.2. The summed E-state index contributed by atoms with van der Waals surface area (Å²) in [6, 6.07) is 10.9. The summed E-state index contributed by atoms with van der Waals surface area (Å²) in [6.45, 7) is 2.01. The molecule has 0 radical (unpaired) electrons. The number of pyridine rings is 1. The molecule has 1 atom stereocenters. The van der Waals surface area contributed by atoms with Gasteiger partial charge in [-0.1, -0.05) is 23.7 Å². The Morgan fingerprint density at radius 2 is 2.03 bits per heavy atom. The van der Waals surface area contributed by atoms with Crippen LogP contribution in [0.4, 0.5) is 0 Å². The summed E-state index contributed by atoms with van der Waals surface area (Å²) in [6.07, 6.45) is 3.32. The zero-order valence-electron chi connectivity index (χ0n) is 17.8. The van der Waals surface area contributed by atoms with Gasteiger partial charge in [0, 0.05) is 24.0 Å². The van der Waals surface area contributed by atoms with E-state index >= 15 is 0 Å². The average Bonchev–Trinajstić information content (AvgIpc) is 3.08. The first-order valence-electron chi connectivity index (χ1n) is 10.2. The zero-order chi connectivity index (χ0) is 23.3. The number of fused-ring (bicyclic) bond motifs is 2. The van der Waals surface area contributed by atoms with Gasteiger partial charge in [-0.05, 0) is 53.9 Å². The first-order chi connectivity index (χ1) is 15.9. The van der Waals surface area contributed by atoms with Crippen molar-refractivity contribution in [2.45, 2.75) is 19.5 Å². The number of aryl methyl sites for hydroxylation is 1. The number of amides is 1. The van der Waals surface area contributed by atoms with Gasteiger partial charge in [-0.25, -0.2) is 0 Å². The molecule has 3 heterocycles. The smallest absolute Gasteiger partial charge is 0.291 e. The molecule has 8 heteroatoms. The number of ether oxygens (including phenoxy) is 1. The Balaban J connectivity index is 1.76. The molecule has 33 heavy (non-hydrogen) atoms. The molecule has 1 amide bonds. The number of halogens is 1. The van der Waals surface area contributed by atoms with Gasteiger partial charge in [0.15, 0.2) is 16.9 Å². The average molecular weight is 463 g/mol. The number of nitrogens with zero attached hydrogens (tertiary/aromatic N) is 2. The fourth-order valence-electron chi connectivity index (χ4n) is 4.20. The van der Waals surface area contributed by atoms with Gasteiger partial charge in [-0.15, -0.1) is 0 Å². The predicted octanol–water partition coefficient (Wildman–Crippen LogP) is 4.61. The normalized spacial score (nSPS) is 15.2. The number of carbonyl (C=O) groups excluding carboxylic acids is 1. The number of hydrogen-bond acceptors (Lipinski definition) is 6. The fraction of sp³-hybridized carbons (Fsp3) is 0.160. The van der Waals surface area contributed by atoms with Crippen LogP contribution in [0.3, 0.4) is 0 Å². The summed E-state index contributed by atoms with van der Waals surface area (Å²) in [7, 11) is 1.44. The number of benzene rings is 2. The lowest BCUT2D eigenvalue weighted by Crippen LogP contribution is -2.29. The van der Waals surface area contributed by atoms with Crippen LogP contribution in [-0.2, 0) is 6.54 Å². The summed E-state index contributed by atoms with van der Waals surface area (Å²) in [5.74, 6) is -0.219. The third kappa shape index (κ3) is 3.41. The summed E-state index contributed by atoms with van der Waals surface area (Å²) in [5, 5.41) is 10.8. The largest absolute Gasteiger partial charge is 0.504 e. The van der Waals surface area contributed by atoms with E-state index in [1.807, 2.05) is 6.07 Å². The minimum Gasteiger partial charge on any atom is -0.504 e. The molecule has 166 valence electrons. The van der Waals surface area contributed by atoms with Crippen molar-refractivity contribution >= 4 is 28.5 Å². The number of phenolic OH excluding ortho intramolecular Hbond substituents is 1. The van der Waals surface area contributed by atoms with Crippen molar-refractivity contribution in [1.82, 2.24) is 9.88 Å². The van der Waals surface area contributed by atoms with Gasteiger partial charge in [0.1, 0.15) is 5.58 Å². The van der Waals surface area contributed by atoms with Crippen molar-refractivity contribution in [3.05, 3.63) is 98.1 Å². The lowest BCUT2D eigenvalue weighted by atomic mass is 9.97. The quantitative estimate of drug-likeness (QED) is 0.476. The van der Waals surface area contributed by atoms with Gasteiger partial charge < -0.3 is 19.2 Å². The lowest BCUT2D eigenvalue weighted by molar-refractivity contribution is 0.0714. The Morgan fingerprint density at radius 3 is 2.76 bits per heavy atom. The molecule has 2 aromatic carbocycles. The molecule has 0 bridgehead atoms. The molecule has 1 aliphatic rings. The Kier molecular flexibility index (Phi) is 5.06. The second kappa shape index (κ2) is 7.94. The molecule has 2 aromatic heterocycles. The van der Waals surface area contributed by atoms with Crippen LogP contribution in [0.5, 0.6) is 11.5 Å². The van der Waals surface area contributed by atoms with E-state index in [1.54, 1.807) is 54.5 Å². The van der Waals surface area contributed by atoms with Crippen molar-refractivity contribution in [1.29, 1.82) is 0 Å². The Bertz CT molecular complexity index is 1470. The molecule has 0 spiro atoms. The minimum absolute atomic E-state index is 0.00449. The maximum atomic E-state index is 13.6. The van der Waals surface area contributed by atoms with E-state index in [9.17, 15) is 14.7 Å². The molecule has 0 saturated carbocycles. The predicted molar refractivity (Wildman–Crippen MR) is 123 cm³/mol. The molecule has 1 aliphatic heterocycles. The van der Waals surface area contributed by atoms with E-state index < -0.39 is 11.9 Å². The standard InChI is InChI=1S/C25H19ClN2O5/c1-13-8-19-16(10-17(13)26)23(30)21-22(15-5-6-18(29)20(9-15)32-2)28(25(31)24(21)33-19)12-14-4-3-7-27-11-14/h3-11,22,29H,12H2,1-2H3/t22-/m1/s1. The van der Waals surface area contributed by atoms with Crippen LogP contribution in [0, 0.1) is 6.92 Å². The molecular formula is C25H19ClN2O5. The van der Waals surface area contributed by atoms with Crippen LogP contribution in [0.2, 0.25) is 5.02 Å². The van der Waals surface area contributed by atoms with Gasteiger partial charge in [0.25, 0.3) is 5.91 Å². The fourth-order valence-corrected chi connectivity index (χ4v) is 4.37. The lowest BCUT2D eigenvalue weighted by Gasteiger charge is -2.25. The number of phenols is 1. The topological polar surface area (TPSA) is 92.9 Å². The number of methoxy groups -OCH3 is 1. The first-order valence-corrected chi connectivity index (χ1v) is 10.6. The molecular weight excluding hydrogens is 444 g/mol. The van der Waals surface area contributed by atoms with Crippen LogP contribution in [0.25, 0.3) is 11.0 Å². The van der Waals surface area contributed by atoms with Gasteiger partial charge in [-0.3, -0.25) is 14.6 Å². The third-order valence-corrected chi connectivity index (χ3v) is 6.25. The molecule has 0 unspecified atom stereocenters.